The molecule has 11 N–H and O–H groups in total. The van der Waals surface area contributed by atoms with Gasteiger partial charge < -0.3 is 93.9 Å². The summed E-state index contributed by atoms with van der Waals surface area (Å²) >= 11 is 0. The van der Waals surface area contributed by atoms with Gasteiger partial charge in [0.2, 0.25) is 17.7 Å². The minimum Gasteiger partial charge on any atom is -0.756 e. The third-order valence-corrected chi connectivity index (χ3v) is 16.9. The molecule has 3 aliphatic rings. The van der Waals surface area contributed by atoms with Gasteiger partial charge in [0.1, 0.15) is 66.8 Å². The molecule has 0 saturated carbocycles. The zero-order valence-electron chi connectivity index (χ0n) is 38.8. The number of anilines is 3. The van der Waals surface area contributed by atoms with E-state index < -0.39 is 136 Å². The Morgan fingerprint density at radius 2 is 1.24 bits per heavy atom. The number of aryl methyl sites for hydroxylation is 1. The number of imidazole rings is 3. The van der Waals surface area contributed by atoms with Gasteiger partial charge in [0, 0.05) is 14.2 Å². The number of ether oxygens (including phenoxy) is 5. The highest BCUT2D eigenvalue weighted by atomic mass is 31.3. The van der Waals surface area contributed by atoms with Crippen LogP contribution >= 0.6 is 31.3 Å². The molecule has 43 heteroatoms. The Balaban J connectivity index is 0.866. The van der Waals surface area contributed by atoms with E-state index in [1.807, 2.05) is 0 Å². The molecular weight excluding hydrogens is 1110 g/mol. The molecule has 39 nitrogen and oxygen atoms in total. The van der Waals surface area contributed by atoms with E-state index in [9.17, 15) is 62.7 Å². The molecule has 0 aliphatic carbocycles. The molecule has 6 aromatic heterocycles. The van der Waals surface area contributed by atoms with E-state index in [0.29, 0.717) is 0 Å². The van der Waals surface area contributed by atoms with E-state index in [4.69, 9.17) is 54.5 Å². The normalized spacial score (nSPS) is 30.2. The zero-order valence-corrected chi connectivity index (χ0v) is 42.3. The highest BCUT2D eigenvalue weighted by Crippen LogP contribution is 2.63. The van der Waals surface area contributed by atoms with Crippen LogP contribution in [-0.4, -0.2) is 158 Å². The summed E-state index contributed by atoms with van der Waals surface area (Å²) in [4.78, 5) is 106. The number of aromatic nitrogens is 12. The number of methoxy groups -OCH3 is 2. The first-order chi connectivity index (χ1) is 35.7. The molecular formula is C33H42N15O24P4-3. The molecule has 3 fully saturated rings. The van der Waals surface area contributed by atoms with E-state index in [0.717, 1.165) is 42.3 Å². The van der Waals surface area contributed by atoms with E-state index in [-0.39, 0.29) is 51.2 Å². The van der Waals surface area contributed by atoms with Gasteiger partial charge in [-0.1, -0.05) is 4.98 Å². The maximum Gasteiger partial charge on any atom is 0.313 e. The average molecular weight is 1160 g/mol. The Morgan fingerprint density at radius 1 is 0.671 bits per heavy atom. The maximum absolute atomic E-state index is 13.6. The number of aromatic amines is 2. The third kappa shape index (κ3) is 11.0. The van der Waals surface area contributed by atoms with Crippen molar-refractivity contribution in [2.75, 3.05) is 51.2 Å². The summed E-state index contributed by atoms with van der Waals surface area (Å²) in [5, 5.41) is 32.7. The number of aliphatic hydroxyl groups excluding tert-OH is 3. The number of hydrogen-bond acceptors (Lipinski definition) is 33. The number of H-pyrrole nitrogens is 2. The Bertz CT molecular complexity index is 3490. The Morgan fingerprint density at radius 3 is 1.89 bits per heavy atom. The summed E-state index contributed by atoms with van der Waals surface area (Å²) in [5.41, 5.74) is 15.4. The predicted molar refractivity (Wildman–Crippen MR) is 235 cm³/mol. The lowest BCUT2D eigenvalue weighted by molar-refractivity contribution is -0.745. The monoisotopic (exact) mass is 1160 g/mol. The molecule has 416 valence electrons. The fourth-order valence-corrected chi connectivity index (χ4v) is 12.9. The fourth-order valence-electron chi connectivity index (χ4n) is 8.54. The zero-order chi connectivity index (χ0) is 55.0. The lowest BCUT2D eigenvalue weighted by Crippen LogP contribution is -2.46. The largest absolute Gasteiger partial charge is 0.756 e. The van der Waals surface area contributed by atoms with Gasteiger partial charge in [-0.2, -0.15) is 4.98 Å². The highest BCUT2D eigenvalue weighted by molar-refractivity contribution is 7.65. The molecule has 7 unspecified atom stereocenters. The van der Waals surface area contributed by atoms with Crippen LogP contribution in [0.4, 0.5) is 17.7 Å². The van der Waals surface area contributed by atoms with Crippen molar-refractivity contribution >= 4 is 82.5 Å². The van der Waals surface area contributed by atoms with Crippen molar-refractivity contribution < 1.29 is 108 Å². The Kier molecular flexibility index (Phi) is 15.3. The maximum atomic E-state index is 13.6. The minimum absolute atomic E-state index is 0.00288. The van der Waals surface area contributed by atoms with Crippen LogP contribution in [-0.2, 0) is 75.7 Å². The van der Waals surface area contributed by atoms with Crippen LogP contribution in [0.5, 0.6) is 0 Å². The topological polar surface area (TPSA) is 563 Å². The number of aliphatic hydroxyl groups is 3. The summed E-state index contributed by atoms with van der Waals surface area (Å²) in [6.07, 6.45) is -15.4. The first-order valence-corrected chi connectivity index (χ1v) is 27.3. The van der Waals surface area contributed by atoms with Crippen LogP contribution in [0.15, 0.2) is 34.9 Å². The summed E-state index contributed by atoms with van der Waals surface area (Å²) < 4.78 is 113. The van der Waals surface area contributed by atoms with Gasteiger partial charge in [-0.15, -0.1) is 0 Å². The molecule has 0 bridgehead atoms. The van der Waals surface area contributed by atoms with Gasteiger partial charge >= 0.3 is 5.65 Å². The SMILES string of the molecule is COC1[C@@H](COP(=O)([O-])OP(=O)([O-])OP(=O)([O-])OC[C@H]2O[C@@H](n3cnc4c(N)ncnc43)[C@@H](OC)C2OP(=O)([O-])OC[C@H]2O[C@@H](n3cnc4c(=O)[nH]c(N)nc43)C(O)[C@H]2O)O[C@@H]([n+]2cn(C)c3c(=O)[nH]c(N)nc32)[C@H]1O. The smallest absolute Gasteiger partial charge is 0.313 e. The lowest BCUT2D eigenvalue weighted by atomic mass is 10.1. The number of fused-ring (bicyclic) bond motifs is 3. The molecule has 16 atom stereocenters. The summed E-state index contributed by atoms with van der Waals surface area (Å²) in [5.74, 6) is -0.738. The summed E-state index contributed by atoms with van der Waals surface area (Å²) in [7, 11) is -21.1. The highest BCUT2D eigenvalue weighted by Gasteiger charge is 2.52. The average Bonchev–Trinajstić information content (AvgIpc) is 4.18. The van der Waals surface area contributed by atoms with Crippen LogP contribution in [0.3, 0.4) is 0 Å². The van der Waals surface area contributed by atoms with Crippen molar-refractivity contribution in [3.05, 3.63) is 46.0 Å². The van der Waals surface area contributed by atoms with Crippen LogP contribution in [0.2, 0.25) is 0 Å². The molecule has 3 aliphatic heterocycles. The summed E-state index contributed by atoms with van der Waals surface area (Å²) in [6, 6.07) is 0. The second-order valence-electron chi connectivity index (χ2n) is 16.6. The van der Waals surface area contributed by atoms with Gasteiger partial charge in [-0.3, -0.25) is 51.5 Å². The number of phosphoric ester groups is 3. The van der Waals surface area contributed by atoms with Crippen LogP contribution in [0, 0.1) is 0 Å². The van der Waals surface area contributed by atoms with Crippen LogP contribution in [0.1, 0.15) is 18.7 Å². The lowest BCUT2D eigenvalue weighted by Gasteiger charge is -2.35. The van der Waals surface area contributed by atoms with Crippen molar-refractivity contribution in [3.8, 4) is 0 Å². The van der Waals surface area contributed by atoms with Crippen molar-refractivity contribution in [2.24, 2.45) is 7.05 Å². The second kappa shape index (κ2) is 20.9. The van der Waals surface area contributed by atoms with E-state index in [1.54, 1.807) is 0 Å². The first-order valence-electron chi connectivity index (χ1n) is 21.5. The molecule has 3 saturated heterocycles. The minimum atomic E-state index is -6.56. The number of nitrogens with two attached hydrogens (primary N) is 3. The van der Waals surface area contributed by atoms with Gasteiger partial charge in [-0.05, 0) is 0 Å². The number of hydrogen-bond donors (Lipinski definition) is 8. The van der Waals surface area contributed by atoms with Gasteiger partial charge in [-0.25, -0.2) is 33.1 Å². The number of nitrogen functional groups attached to an aromatic ring is 3. The van der Waals surface area contributed by atoms with E-state index >= 15 is 0 Å². The quantitative estimate of drug-likeness (QED) is 0.0260. The molecule has 0 amide bonds. The molecule has 6 aromatic rings. The van der Waals surface area contributed by atoms with E-state index in [1.165, 1.54) is 22.5 Å². The van der Waals surface area contributed by atoms with Crippen molar-refractivity contribution in [1.29, 1.82) is 0 Å². The second-order valence-corrected chi connectivity index (χ2v) is 22.5. The van der Waals surface area contributed by atoms with Crippen LogP contribution in [0.25, 0.3) is 33.5 Å². The number of rotatable bonds is 20. The molecule has 0 spiro atoms. The molecule has 9 rings (SSSR count). The first kappa shape index (κ1) is 55.6. The van der Waals surface area contributed by atoms with Gasteiger partial charge in [0.05, 0.1) is 39.5 Å². The Hall–Kier alpha value is -5.15. The standard InChI is InChI=1S/C33H45N15O24P4/c1-45-10-48(26-16(45)28(53)44-33(36)42-26)30-19(51)20(62-2)12(68-30)5-65-74(56,57)71-76(60,61)72-75(58,59)66-6-13-21(22(63-3)31(69-13)46-8-39-14-23(34)37-7-38-24(14)46)70-73(54,55)64-4-11-17(49)18(50)29(67-11)47-9-40-15-25(47)41-32(35)43-27(15)52/h7-13,17-22,29-31,49-51H,4-6H2,1-3H3,(H11-,34,35,36,37,38,41,42,43,44,52,53,54,55,56,57,58,59,60,61)/p-3/t11-,12-,13-,17+,18?,19+,20?,21?,22+,29-,30-,31-/m1/s1. The van der Waals surface area contributed by atoms with E-state index in [2.05, 4.69) is 53.0 Å². The third-order valence-electron chi connectivity index (χ3n) is 11.8. The van der Waals surface area contributed by atoms with Crippen molar-refractivity contribution in [1.82, 2.24) is 53.6 Å². The molecule has 76 heavy (non-hydrogen) atoms. The van der Waals surface area contributed by atoms with Crippen molar-refractivity contribution in [2.45, 2.75) is 73.6 Å². The molecule has 9 heterocycles. The molecule has 0 aromatic carbocycles. The van der Waals surface area contributed by atoms with Gasteiger partial charge in [0.25, 0.3) is 48.4 Å². The Labute approximate surface area is 421 Å². The van der Waals surface area contributed by atoms with Crippen LogP contribution < -0.4 is 52.5 Å². The van der Waals surface area contributed by atoms with Gasteiger partial charge in [0.15, 0.2) is 41.4 Å². The number of nitrogens with one attached hydrogen (secondary N) is 2. The molecule has 0 radical (unpaired) electrons. The number of phosphoric acid groups is 4. The van der Waals surface area contributed by atoms with Crippen molar-refractivity contribution in [3.63, 3.8) is 0 Å². The summed E-state index contributed by atoms with van der Waals surface area (Å²) in [6.45, 7) is -3.57. The predicted octanol–water partition coefficient (Wildman–Crippen LogP) is -6.58. The fraction of sp³-hybridized carbons (Fsp3) is 0.545. The number of nitrogens with zero attached hydrogens (tertiary/aromatic N) is 10.